The highest BCUT2D eigenvalue weighted by atomic mass is 32.2. The highest BCUT2D eigenvalue weighted by molar-refractivity contribution is 7.89. The molecular weight excluding hydrogens is 334 g/mol. The summed E-state index contributed by atoms with van der Waals surface area (Å²) in [7, 11) is -0.303. The van der Waals surface area contributed by atoms with E-state index in [0.29, 0.717) is 10.9 Å². The second kappa shape index (κ2) is 7.56. The van der Waals surface area contributed by atoms with E-state index in [4.69, 9.17) is 0 Å². The molecule has 1 saturated heterocycles. The van der Waals surface area contributed by atoms with Gasteiger partial charge in [0.15, 0.2) is 0 Å². The number of sulfonamides is 1. The lowest BCUT2D eigenvalue weighted by molar-refractivity contribution is 0.328. The van der Waals surface area contributed by atoms with Gasteiger partial charge < -0.3 is 5.32 Å². The normalized spacial score (nSPS) is 18.6. The molecule has 1 heterocycles. The second-order valence-electron chi connectivity index (χ2n) is 6.67. The molecule has 0 aliphatic carbocycles. The largest absolute Gasteiger partial charge is 0.381 e. The summed E-state index contributed by atoms with van der Waals surface area (Å²) in [4.78, 5) is 2.74. The van der Waals surface area contributed by atoms with Gasteiger partial charge in [-0.2, -0.15) is 0 Å². The van der Waals surface area contributed by atoms with Gasteiger partial charge in [-0.05, 0) is 30.2 Å². The second-order valence-corrected chi connectivity index (χ2v) is 8.82. The average molecular weight is 359 g/mol. The predicted octanol–water partition coefficient (Wildman–Crippen LogP) is 2.62. The first-order valence-electron chi connectivity index (χ1n) is 8.50. The molecule has 0 bridgehead atoms. The minimum Gasteiger partial charge on any atom is -0.381 e. The molecule has 6 heteroatoms. The van der Waals surface area contributed by atoms with Crippen molar-refractivity contribution in [1.82, 2.24) is 9.21 Å². The van der Waals surface area contributed by atoms with Crippen LogP contribution in [0.5, 0.6) is 0 Å². The predicted molar refractivity (Wildman–Crippen MR) is 101 cm³/mol. The minimum absolute atomic E-state index is 0.321. The van der Waals surface area contributed by atoms with Gasteiger partial charge in [0.2, 0.25) is 10.0 Å². The molecule has 1 aliphatic rings. The highest BCUT2D eigenvalue weighted by Gasteiger charge is 2.23. The summed E-state index contributed by atoms with van der Waals surface area (Å²) in [6.45, 7) is 2.95. The Kier molecular flexibility index (Phi) is 5.42. The van der Waals surface area contributed by atoms with E-state index in [2.05, 4.69) is 34.5 Å². The Labute approximate surface area is 150 Å². The van der Waals surface area contributed by atoms with E-state index in [9.17, 15) is 8.42 Å². The molecule has 0 amide bonds. The number of anilines is 1. The van der Waals surface area contributed by atoms with Gasteiger partial charge in [-0.15, -0.1) is 0 Å². The highest BCUT2D eigenvalue weighted by Crippen LogP contribution is 2.21. The first-order chi connectivity index (χ1) is 11.9. The Balaban J connectivity index is 1.62. The summed E-state index contributed by atoms with van der Waals surface area (Å²) in [5, 5.41) is 3.48. The van der Waals surface area contributed by atoms with E-state index in [1.54, 1.807) is 32.3 Å². The Morgan fingerprint density at radius 2 is 1.88 bits per heavy atom. The van der Waals surface area contributed by atoms with Gasteiger partial charge in [-0.1, -0.05) is 36.4 Å². The molecule has 5 nitrogen and oxygen atoms in total. The van der Waals surface area contributed by atoms with E-state index in [-0.39, 0.29) is 0 Å². The molecule has 2 aromatic rings. The fourth-order valence-electron chi connectivity index (χ4n) is 3.13. The monoisotopic (exact) mass is 359 g/mol. The van der Waals surface area contributed by atoms with Crippen LogP contribution in [0.4, 0.5) is 5.69 Å². The van der Waals surface area contributed by atoms with Crippen LogP contribution in [0.15, 0.2) is 59.5 Å². The zero-order chi connectivity index (χ0) is 17.9. The first kappa shape index (κ1) is 17.9. The molecule has 3 rings (SSSR count). The molecule has 1 fully saturated rings. The van der Waals surface area contributed by atoms with Crippen molar-refractivity contribution in [2.45, 2.75) is 23.9 Å². The van der Waals surface area contributed by atoms with Crippen molar-refractivity contribution in [1.29, 1.82) is 0 Å². The summed E-state index contributed by atoms with van der Waals surface area (Å²) in [5.41, 5.74) is 2.18. The smallest absolute Gasteiger partial charge is 0.242 e. The zero-order valence-corrected chi connectivity index (χ0v) is 15.5. The van der Waals surface area contributed by atoms with Crippen LogP contribution in [-0.2, 0) is 16.6 Å². The number of nitrogens with one attached hydrogen (secondary N) is 1. The number of nitrogens with zero attached hydrogens (tertiary/aromatic N) is 2. The Morgan fingerprint density at radius 3 is 2.60 bits per heavy atom. The fourth-order valence-corrected chi connectivity index (χ4v) is 4.08. The average Bonchev–Trinajstić information content (AvgIpc) is 3.02. The molecule has 134 valence electrons. The molecule has 1 N–H and O–H groups in total. The Hall–Kier alpha value is -1.89. The van der Waals surface area contributed by atoms with Crippen LogP contribution in [0.25, 0.3) is 0 Å². The van der Waals surface area contributed by atoms with Gasteiger partial charge in [0, 0.05) is 45.5 Å². The van der Waals surface area contributed by atoms with E-state index < -0.39 is 10.0 Å². The lowest BCUT2D eigenvalue weighted by Crippen LogP contribution is -2.26. The van der Waals surface area contributed by atoms with Crippen molar-refractivity contribution in [3.05, 3.63) is 60.2 Å². The summed E-state index contributed by atoms with van der Waals surface area (Å²) in [6, 6.07) is 17.9. The lowest BCUT2D eigenvalue weighted by atomic mass is 10.2. The van der Waals surface area contributed by atoms with Crippen LogP contribution in [0.3, 0.4) is 0 Å². The molecule has 1 unspecified atom stereocenters. The third-order valence-electron chi connectivity index (χ3n) is 4.50. The van der Waals surface area contributed by atoms with Crippen LogP contribution >= 0.6 is 0 Å². The number of benzene rings is 2. The molecule has 0 aromatic heterocycles. The van der Waals surface area contributed by atoms with Gasteiger partial charge in [0.25, 0.3) is 0 Å². The SMILES string of the molecule is CN(C)S(=O)(=O)c1cccc(NC2CCN(Cc3ccccc3)C2)c1. The first-order valence-corrected chi connectivity index (χ1v) is 9.94. The molecule has 0 spiro atoms. The zero-order valence-electron chi connectivity index (χ0n) is 14.7. The third-order valence-corrected chi connectivity index (χ3v) is 6.32. The van der Waals surface area contributed by atoms with Crippen molar-refractivity contribution in [3.63, 3.8) is 0 Å². The lowest BCUT2D eigenvalue weighted by Gasteiger charge is -2.18. The maximum absolute atomic E-state index is 12.3. The topological polar surface area (TPSA) is 52.7 Å². The fraction of sp³-hybridized carbons (Fsp3) is 0.368. The molecule has 2 aromatic carbocycles. The van der Waals surface area contributed by atoms with Crippen LogP contribution in [0.2, 0.25) is 0 Å². The van der Waals surface area contributed by atoms with Crippen LogP contribution in [0.1, 0.15) is 12.0 Å². The minimum atomic E-state index is -3.40. The Bertz CT molecular complexity index is 806. The van der Waals surface area contributed by atoms with Crippen molar-refractivity contribution < 1.29 is 8.42 Å². The summed E-state index contributed by atoms with van der Waals surface area (Å²) in [5.74, 6) is 0. The molecule has 1 aliphatic heterocycles. The van der Waals surface area contributed by atoms with E-state index in [1.165, 1.54) is 9.87 Å². The molecular formula is C19H25N3O2S. The molecule has 1 atom stereocenters. The van der Waals surface area contributed by atoms with Crippen LogP contribution < -0.4 is 5.32 Å². The van der Waals surface area contributed by atoms with Gasteiger partial charge in [0.05, 0.1) is 4.90 Å². The summed E-state index contributed by atoms with van der Waals surface area (Å²) in [6.07, 6.45) is 1.05. The van der Waals surface area contributed by atoms with Gasteiger partial charge in [-0.25, -0.2) is 12.7 Å². The van der Waals surface area contributed by atoms with Crippen LogP contribution in [-0.4, -0.2) is 50.8 Å². The number of likely N-dealkylation sites (tertiary alicyclic amines) is 1. The Morgan fingerprint density at radius 1 is 1.12 bits per heavy atom. The van der Waals surface area contributed by atoms with Crippen molar-refractivity contribution in [2.75, 3.05) is 32.5 Å². The summed E-state index contributed by atoms with van der Waals surface area (Å²) < 4.78 is 25.8. The van der Waals surface area contributed by atoms with Crippen molar-refractivity contribution in [3.8, 4) is 0 Å². The molecule has 25 heavy (non-hydrogen) atoms. The molecule has 0 radical (unpaired) electrons. The van der Waals surface area contributed by atoms with Gasteiger partial charge >= 0.3 is 0 Å². The van der Waals surface area contributed by atoms with Crippen LogP contribution in [0, 0.1) is 0 Å². The van der Waals surface area contributed by atoms with Crippen molar-refractivity contribution >= 4 is 15.7 Å². The maximum atomic E-state index is 12.3. The quantitative estimate of drug-likeness (QED) is 0.861. The van der Waals surface area contributed by atoms with E-state index >= 15 is 0 Å². The maximum Gasteiger partial charge on any atom is 0.242 e. The van der Waals surface area contributed by atoms with Gasteiger partial charge in [0.1, 0.15) is 0 Å². The summed E-state index contributed by atoms with van der Waals surface area (Å²) >= 11 is 0. The van der Waals surface area contributed by atoms with E-state index in [0.717, 1.165) is 31.7 Å². The number of rotatable bonds is 6. The van der Waals surface area contributed by atoms with Gasteiger partial charge in [-0.3, -0.25) is 4.90 Å². The molecule has 0 saturated carbocycles. The van der Waals surface area contributed by atoms with Crippen molar-refractivity contribution in [2.24, 2.45) is 0 Å². The third kappa shape index (κ3) is 4.39. The standard InChI is InChI=1S/C19H25N3O2S/c1-21(2)25(23,24)19-10-6-9-17(13-19)20-18-11-12-22(15-18)14-16-7-4-3-5-8-16/h3-10,13,18,20H,11-12,14-15H2,1-2H3. The number of hydrogen-bond donors (Lipinski definition) is 1. The number of hydrogen-bond acceptors (Lipinski definition) is 4. The van der Waals surface area contributed by atoms with E-state index in [1.807, 2.05) is 12.1 Å².